The summed E-state index contributed by atoms with van der Waals surface area (Å²) in [7, 11) is 0. The molecule has 2 fully saturated rings. The van der Waals surface area contributed by atoms with Crippen LogP contribution in [0.4, 0.5) is 0 Å². The summed E-state index contributed by atoms with van der Waals surface area (Å²) in [5, 5.41) is 3.14. The van der Waals surface area contributed by atoms with Crippen molar-refractivity contribution < 1.29 is 9.53 Å². The lowest BCUT2D eigenvalue weighted by Gasteiger charge is -2.43. The quantitative estimate of drug-likeness (QED) is 0.837. The predicted molar refractivity (Wildman–Crippen MR) is 84.8 cm³/mol. The topological polar surface area (TPSA) is 64.3 Å². The van der Waals surface area contributed by atoms with Crippen molar-refractivity contribution >= 4 is 5.91 Å². The zero-order valence-corrected chi connectivity index (χ0v) is 14.0. The summed E-state index contributed by atoms with van der Waals surface area (Å²) in [5.74, 6) is 1.09. The first-order valence-electron chi connectivity index (χ1n) is 8.50. The largest absolute Gasteiger partial charge is 0.376 e. The summed E-state index contributed by atoms with van der Waals surface area (Å²) in [6.07, 6.45) is 5.31. The van der Waals surface area contributed by atoms with E-state index in [0.29, 0.717) is 12.0 Å². The smallest absolute Gasteiger partial charge is 0.223 e. The van der Waals surface area contributed by atoms with Crippen LogP contribution in [0.1, 0.15) is 59.8 Å². The molecule has 0 heterocycles. The minimum Gasteiger partial charge on any atom is -0.376 e. The molecule has 3 unspecified atom stereocenters. The second-order valence-corrected chi connectivity index (χ2v) is 7.84. The Balaban J connectivity index is 1.80. The van der Waals surface area contributed by atoms with Gasteiger partial charge in [-0.1, -0.05) is 20.8 Å². The number of ether oxygens (including phenoxy) is 1. The van der Waals surface area contributed by atoms with Crippen LogP contribution < -0.4 is 11.1 Å². The van der Waals surface area contributed by atoms with Gasteiger partial charge in [-0.15, -0.1) is 0 Å². The van der Waals surface area contributed by atoms with Gasteiger partial charge in [-0.05, 0) is 50.4 Å². The molecular weight excluding hydrogens is 264 g/mol. The van der Waals surface area contributed by atoms with Crippen molar-refractivity contribution in [2.45, 2.75) is 78.0 Å². The van der Waals surface area contributed by atoms with Crippen LogP contribution in [0.25, 0.3) is 0 Å². The van der Waals surface area contributed by atoms with E-state index >= 15 is 0 Å². The van der Waals surface area contributed by atoms with E-state index < -0.39 is 0 Å². The number of rotatable bonds is 4. The molecule has 4 nitrogen and oxygen atoms in total. The van der Waals surface area contributed by atoms with Crippen LogP contribution in [0.5, 0.6) is 0 Å². The molecule has 2 rings (SSSR count). The minimum atomic E-state index is 0.0118. The number of nitrogens with one attached hydrogen (secondary N) is 1. The van der Waals surface area contributed by atoms with Crippen LogP contribution in [0, 0.1) is 17.3 Å². The fourth-order valence-corrected chi connectivity index (χ4v) is 3.73. The van der Waals surface area contributed by atoms with Gasteiger partial charge in [0.2, 0.25) is 5.91 Å². The zero-order chi connectivity index (χ0) is 15.6. The maximum Gasteiger partial charge on any atom is 0.223 e. The number of carbonyl (C=O) groups excluding carboxylic acids is 1. The van der Waals surface area contributed by atoms with Crippen molar-refractivity contribution in [3.05, 3.63) is 0 Å². The van der Waals surface area contributed by atoms with Gasteiger partial charge in [0.1, 0.15) is 0 Å². The van der Waals surface area contributed by atoms with Gasteiger partial charge in [-0.2, -0.15) is 0 Å². The first-order chi connectivity index (χ1) is 9.82. The third kappa shape index (κ3) is 3.98. The molecule has 0 saturated heterocycles. The Morgan fingerprint density at radius 3 is 2.33 bits per heavy atom. The molecule has 2 aliphatic carbocycles. The molecular formula is C17H32N2O2. The highest BCUT2D eigenvalue weighted by atomic mass is 16.5. The first kappa shape index (κ1) is 16.8. The Labute approximate surface area is 129 Å². The van der Waals surface area contributed by atoms with E-state index in [9.17, 15) is 4.79 Å². The molecule has 0 bridgehead atoms. The van der Waals surface area contributed by atoms with E-state index in [-0.39, 0.29) is 30.0 Å². The minimum absolute atomic E-state index is 0.0118. The number of carbonyl (C=O) groups is 1. The molecule has 0 aliphatic heterocycles. The second-order valence-electron chi connectivity index (χ2n) is 7.84. The van der Waals surface area contributed by atoms with Crippen molar-refractivity contribution in [1.82, 2.24) is 5.32 Å². The fraction of sp³-hybridized carbons (Fsp3) is 0.941. The van der Waals surface area contributed by atoms with Crippen LogP contribution in [0.3, 0.4) is 0 Å². The van der Waals surface area contributed by atoms with E-state index in [0.717, 1.165) is 38.0 Å². The number of hydrogen-bond donors (Lipinski definition) is 2. The molecule has 21 heavy (non-hydrogen) atoms. The van der Waals surface area contributed by atoms with Crippen molar-refractivity contribution in [2.75, 3.05) is 6.61 Å². The average Bonchev–Trinajstić information content (AvgIpc) is 2.43. The summed E-state index contributed by atoms with van der Waals surface area (Å²) in [6.45, 7) is 9.57. The molecule has 3 atom stereocenters. The van der Waals surface area contributed by atoms with Crippen LogP contribution in [-0.4, -0.2) is 30.7 Å². The van der Waals surface area contributed by atoms with Gasteiger partial charge in [-0.3, -0.25) is 4.79 Å². The van der Waals surface area contributed by atoms with Crippen LogP contribution >= 0.6 is 0 Å². The lowest BCUT2D eigenvalue weighted by atomic mass is 9.69. The molecule has 0 aromatic carbocycles. The monoisotopic (exact) mass is 296 g/mol. The summed E-state index contributed by atoms with van der Waals surface area (Å²) < 4.78 is 5.62. The Morgan fingerprint density at radius 2 is 1.86 bits per heavy atom. The Hall–Kier alpha value is -0.610. The molecule has 0 aromatic heterocycles. The van der Waals surface area contributed by atoms with Gasteiger partial charge in [0.15, 0.2) is 0 Å². The third-order valence-electron chi connectivity index (χ3n) is 5.38. The normalized spacial score (nSPS) is 36.9. The Kier molecular flexibility index (Phi) is 5.31. The van der Waals surface area contributed by atoms with E-state index in [1.165, 1.54) is 0 Å². The van der Waals surface area contributed by atoms with Gasteiger partial charge in [0.05, 0.1) is 12.1 Å². The van der Waals surface area contributed by atoms with Crippen molar-refractivity contribution in [2.24, 2.45) is 23.0 Å². The molecule has 0 radical (unpaired) electrons. The number of hydrogen-bond acceptors (Lipinski definition) is 3. The van der Waals surface area contributed by atoms with Gasteiger partial charge < -0.3 is 15.8 Å². The maximum atomic E-state index is 12.4. The van der Waals surface area contributed by atoms with Crippen LogP contribution in [0.2, 0.25) is 0 Å². The Morgan fingerprint density at radius 1 is 1.24 bits per heavy atom. The lowest BCUT2D eigenvalue weighted by Crippen LogP contribution is -2.65. The van der Waals surface area contributed by atoms with Gasteiger partial charge in [0, 0.05) is 18.6 Å². The second kappa shape index (κ2) is 6.66. The average molecular weight is 296 g/mol. The molecule has 1 amide bonds. The predicted octanol–water partition coefficient (Wildman–Crippen LogP) is 2.46. The van der Waals surface area contributed by atoms with E-state index in [1.807, 2.05) is 6.92 Å². The first-order valence-corrected chi connectivity index (χ1v) is 8.50. The van der Waals surface area contributed by atoms with Crippen molar-refractivity contribution in [3.8, 4) is 0 Å². The standard InChI is InChI=1S/C17H32N2O2/c1-5-21-14-10-13(18)15(14)19-16(20)11-6-8-12(9-7-11)17(2,3)4/h11-15H,5-10,18H2,1-4H3,(H,19,20). The highest BCUT2D eigenvalue weighted by Gasteiger charge is 2.41. The van der Waals surface area contributed by atoms with E-state index in [4.69, 9.17) is 10.5 Å². The molecule has 2 saturated carbocycles. The number of amides is 1. The number of nitrogens with two attached hydrogens (primary N) is 1. The molecule has 2 aliphatic rings. The van der Waals surface area contributed by atoms with E-state index in [1.54, 1.807) is 0 Å². The summed E-state index contributed by atoms with van der Waals surface area (Å²) in [4.78, 5) is 12.4. The van der Waals surface area contributed by atoms with Crippen LogP contribution in [0.15, 0.2) is 0 Å². The SMILES string of the molecule is CCOC1CC(N)C1NC(=O)C1CCC(C(C)(C)C)CC1. The van der Waals surface area contributed by atoms with Crippen molar-refractivity contribution in [3.63, 3.8) is 0 Å². The Bertz CT molecular complexity index is 354. The van der Waals surface area contributed by atoms with Gasteiger partial charge in [-0.25, -0.2) is 0 Å². The van der Waals surface area contributed by atoms with Crippen molar-refractivity contribution in [1.29, 1.82) is 0 Å². The molecule has 0 aromatic rings. The third-order valence-corrected chi connectivity index (χ3v) is 5.38. The molecule has 0 spiro atoms. The lowest BCUT2D eigenvalue weighted by molar-refractivity contribution is -0.131. The van der Waals surface area contributed by atoms with Crippen LogP contribution in [-0.2, 0) is 9.53 Å². The summed E-state index contributed by atoms with van der Waals surface area (Å²) >= 11 is 0. The highest BCUT2D eigenvalue weighted by Crippen LogP contribution is 2.40. The molecule has 4 heteroatoms. The zero-order valence-electron chi connectivity index (χ0n) is 14.0. The van der Waals surface area contributed by atoms with E-state index in [2.05, 4.69) is 26.1 Å². The summed E-state index contributed by atoms with van der Waals surface area (Å²) in [5.41, 5.74) is 6.36. The molecule has 3 N–H and O–H groups in total. The van der Waals surface area contributed by atoms with Gasteiger partial charge in [0.25, 0.3) is 0 Å². The maximum absolute atomic E-state index is 12.4. The highest BCUT2D eigenvalue weighted by molar-refractivity contribution is 5.79. The fourth-order valence-electron chi connectivity index (χ4n) is 3.73. The summed E-state index contributed by atoms with van der Waals surface area (Å²) in [6, 6.07) is 0.0641. The molecule has 122 valence electrons. The van der Waals surface area contributed by atoms with Gasteiger partial charge >= 0.3 is 0 Å².